The average molecular weight is 327 g/mol. The SMILES string of the molecule is CC(c1cc(Br)ccc1F)N1CC2CNCC2C1C. The molecule has 2 fully saturated rings. The molecule has 0 aliphatic carbocycles. The molecule has 3 rings (SSSR count). The van der Waals surface area contributed by atoms with Crippen molar-refractivity contribution in [3.05, 3.63) is 34.1 Å². The van der Waals surface area contributed by atoms with Gasteiger partial charge >= 0.3 is 0 Å². The van der Waals surface area contributed by atoms with Gasteiger partial charge in [-0.05, 0) is 57.0 Å². The molecule has 4 unspecified atom stereocenters. The van der Waals surface area contributed by atoms with Crippen molar-refractivity contribution in [2.24, 2.45) is 11.8 Å². The molecule has 4 atom stereocenters. The fourth-order valence-electron chi connectivity index (χ4n) is 3.73. The summed E-state index contributed by atoms with van der Waals surface area (Å²) in [6, 6.07) is 5.89. The van der Waals surface area contributed by atoms with Gasteiger partial charge in [0.2, 0.25) is 0 Å². The highest BCUT2D eigenvalue weighted by atomic mass is 79.9. The number of hydrogen-bond acceptors (Lipinski definition) is 2. The van der Waals surface area contributed by atoms with Crippen molar-refractivity contribution in [1.29, 1.82) is 0 Å². The number of nitrogens with zero attached hydrogens (tertiary/aromatic N) is 1. The van der Waals surface area contributed by atoms with Crippen LogP contribution in [0.5, 0.6) is 0 Å². The molecule has 2 nitrogen and oxygen atoms in total. The Balaban J connectivity index is 1.84. The largest absolute Gasteiger partial charge is 0.316 e. The Kier molecular flexibility index (Phi) is 3.67. The fraction of sp³-hybridized carbons (Fsp3) is 0.600. The minimum absolute atomic E-state index is 0.0990. The van der Waals surface area contributed by atoms with E-state index >= 15 is 0 Å². The van der Waals surface area contributed by atoms with Gasteiger partial charge in [-0.2, -0.15) is 0 Å². The molecular weight excluding hydrogens is 307 g/mol. The number of benzene rings is 1. The first-order chi connectivity index (χ1) is 9.08. The molecule has 2 aliphatic heterocycles. The molecule has 0 aromatic heterocycles. The summed E-state index contributed by atoms with van der Waals surface area (Å²) in [6.45, 7) is 7.70. The third kappa shape index (κ3) is 2.34. The van der Waals surface area contributed by atoms with Crippen molar-refractivity contribution >= 4 is 15.9 Å². The topological polar surface area (TPSA) is 15.3 Å². The van der Waals surface area contributed by atoms with Crippen LogP contribution in [0.4, 0.5) is 4.39 Å². The van der Waals surface area contributed by atoms with Crippen LogP contribution in [0, 0.1) is 17.7 Å². The average Bonchev–Trinajstić information content (AvgIpc) is 2.95. The van der Waals surface area contributed by atoms with E-state index < -0.39 is 0 Å². The van der Waals surface area contributed by atoms with Crippen LogP contribution in [0.25, 0.3) is 0 Å². The van der Waals surface area contributed by atoms with Crippen LogP contribution in [-0.4, -0.2) is 30.6 Å². The molecule has 4 heteroatoms. The summed E-state index contributed by atoms with van der Waals surface area (Å²) >= 11 is 3.44. The second-order valence-corrected chi connectivity index (χ2v) is 6.78. The summed E-state index contributed by atoms with van der Waals surface area (Å²) in [7, 11) is 0. The van der Waals surface area contributed by atoms with Gasteiger partial charge in [-0.25, -0.2) is 4.39 Å². The molecule has 2 saturated heterocycles. The highest BCUT2D eigenvalue weighted by Crippen LogP contribution is 2.38. The number of nitrogens with one attached hydrogen (secondary N) is 1. The highest BCUT2D eigenvalue weighted by molar-refractivity contribution is 9.10. The molecule has 0 radical (unpaired) electrons. The third-order valence-corrected chi connectivity index (χ3v) is 5.38. The molecule has 19 heavy (non-hydrogen) atoms. The number of likely N-dealkylation sites (tertiary alicyclic amines) is 1. The minimum Gasteiger partial charge on any atom is -0.316 e. The van der Waals surface area contributed by atoms with Gasteiger partial charge in [0.1, 0.15) is 5.82 Å². The van der Waals surface area contributed by atoms with Gasteiger partial charge in [0, 0.05) is 28.7 Å². The molecule has 0 amide bonds. The smallest absolute Gasteiger partial charge is 0.128 e. The van der Waals surface area contributed by atoms with Crippen LogP contribution in [-0.2, 0) is 0 Å². The summed E-state index contributed by atoms with van der Waals surface area (Å²) in [4.78, 5) is 2.46. The van der Waals surface area contributed by atoms with E-state index in [1.54, 1.807) is 12.1 Å². The number of rotatable bonds is 2. The van der Waals surface area contributed by atoms with Crippen molar-refractivity contribution in [3.63, 3.8) is 0 Å². The molecule has 0 bridgehead atoms. The van der Waals surface area contributed by atoms with E-state index in [1.165, 1.54) is 0 Å². The zero-order valence-electron chi connectivity index (χ0n) is 11.4. The minimum atomic E-state index is -0.0990. The van der Waals surface area contributed by atoms with E-state index in [0.29, 0.717) is 6.04 Å². The van der Waals surface area contributed by atoms with Gasteiger partial charge in [-0.3, -0.25) is 4.90 Å². The number of halogens is 2. The van der Waals surface area contributed by atoms with Crippen molar-refractivity contribution in [2.45, 2.75) is 25.9 Å². The normalized spacial score (nSPS) is 32.5. The third-order valence-electron chi connectivity index (χ3n) is 4.89. The molecule has 0 saturated carbocycles. The lowest BCUT2D eigenvalue weighted by atomic mass is 9.95. The van der Waals surface area contributed by atoms with E-state index in [-0.39, 0.29) is 11.9 Å². The number of fused-ring (bicyclic) bond motifs is 1. The first-order valence-corrected chi connectivity index (χ1v) is 7.78. The van der Waals surface area contributed by atoms with E-state index in [2.05, 4.69) is 40.0 Å². The van der Waals surface area contributed by atoms with Crippen molar-refractivity contribution in [2.75, 3.05) is 19.6 Å². The maximum absolute atomic E-state index is 14.0. The molecule has 2 aliphatic rings. The van der Waals surface area contributed by atoms with Crippen molar-refractivity contribution in [3.8, 4) is 0 Å². The summed E-state index contributed by atoms with van der Waals surface area (Å²) in [5.74, 6) is 1.35. The Morgan fingerprint density at radius 3 is 2.95 bits per heavy atom. The number of hydrogen-bond donors (Lipinski definition) is 1. The van der Waals surface area contributed by atoms with Crippen molar-refractivity contribution < 1.29 is 4.39 Å². The molecule has 1 aromatic carbocycles. The zero-order chi connectivity index (χ0) is 13.6. The Morgan fingerprint density at radius 1 is 1.42 bits per heavy atom. The van der Waals surface area contributed by atoms with Crippen molar-refractivity contribution in [1.82, 2.24) is 10.2 Å². The van der Waals surface area contributed by atoms with Gasteiger partial charge in [-0.15, -0.1) is 0 Å². The molecular formula is C15H20BrFN2. The van der Waals surface area contributed by atoms with E-state index in [1.807, 2.05) is 6.07 Å². The predicted molar refractivity (Wildman–Crippen MR) is 78.5 cm³/mol. The van der Waals surface area contributed by atoms with Crippen LogP contribution < -0.4 is 5.32 Å². The molecule has 104 valence electrons. The maximum atomic E-state index is 14.0. The first kappa shape index (κ1) is 13.5. The van der Waals surface area contributed by atoms with Crippen LogP contribution in [0.15, 0.2) is 22.7 Å². The fourth-order valence-corrected chi connectivity index (χ4v) is 4.10. The predicted octanol–water partition coefficient (Wildman–Crippen LogP) is 3.19. The van der Waals surface area contributed by atoms with Crippen LogP contribution >= 0.6 is 15.9 Å². The monoisotopic (exact) mass is 326 g/mol. The Morgan fingerprint density at radius 2 is 2.21 bits per heavy atom. The first-order valence-electron chi connectivity index (χ1n) is 6.99. The van der Waals surface area contributed by atoms with Gasteiger partial charge in [0.05, 0.1) is 0 Å². The van der Waals surface area contributed by atoms with Crippen LogP contribution in [0.3, 0.4) is 0 Å². The molecule has 1 N–H and O–H groups in total. The highest BCUT2D eigenvalue weighted by Gasteiger charge is 2.43. The molecule has 1 aromatic rings. The van der Waals surface area contributed by atoms with E-state index in [0.717, 1.165) is 41.5 Å². The molecule has 2 heterocycles. The van der Waals surface area contributed by atoms with Gasteiger partial charge in [0.25, 0.3) is 0 Å². The Labute approximate surface area is 122 Å². The Bertz CT molecular complexity index is 479. The summed E-state index contributed by atoms with van der Waals surface area (Å²) in [5, 5.41) is 3.47. The standard InChI is InChI=1S/C15H20BrFN2/c1-9(13-5-12(16)3-4-15(13)17)19-8-11-6-18-7-14(11)10(19)2/h3-5,9-11,14,18H,6-8H2,1-2H3. The second kappa shape index (κ2) is 5.15. The summed E-state index contributed by atoms with van der Waals surface area (Å²) < 4.78 is 15.0. The lowest BCUT2D eigenvalue weighted by Crippen LogP contribution is -2.35. The quantitative estimate of drug-likeness (QED) is 0.897. The van der Waals surface area contributed by atoms with Gasteiger partial charge in [-0.1, -0.05) is 15.9 Å². The maximum Gasteiger partial charge on any atom is 0.128 e. The summed E-state index contributed by atoms with van der Waals surface area (Å²) in [5.41, 5.74) is 0.800. The second-order valence-electron chi connectivity index (χ2n) is 5.86. The van der Waals surface area contributed by atoms with Crippen LogP contribution in [0.1, 0.15) is 25.5 Å². The molecule has 0 spiro atoms. The lowest BCUT2D eigenvalue weighted by Gasteiger charge is -2.31. The van der Waals surface area contributed by atoms with Crippen LogP contribution in [0.2, 0.25) is 0 Å². The van der Waals surface area contributed by atoms with E-state index in [9.17, 15) is 4.39 Å². The lowest BCUT2D eigenvalue weighted by molar-refractivity contribution is 0.179. The van der Waals surface area contributed by atoms with E-state index in [4.69, 9.17) is 0 Å². The van der Waals surface area contributed by atoms with Gasteiger partial charge in [0.15, 0.2) is 0 Å². The Hall–Kier alpha value is -0.450. The zero-order valence-corrected chi connectivity index (χ0v) is 13.0. The summed E-state index contributed by atoms with van der Waals surface area (Å²) in [6.07, 6.45) is 0. The van der Waals surface area contributed by atoms with Gasteiger partial charge < -0.3 is 5.32 Å².